The van der Waals surface area contributed by atoms with Crippen molar-refractivity contribution in [2.24, 2.45) is 5.41 Å². The number of hydroxylamine groups is 4. The van der Waals surface area contributed by atoms with Gasteiger partial charge in [0.25, 0.3) is 17.7 Å². The monoisotopic (exact) mass is 328 g/mol. The van der Waals surface area contributed by atoms with Crippen LogP contribution in [0, 0.1) is 5.41 Å². The summed E-state index contributed by atoms with van der Waals surface area (Å²) in [5.41, 5.74) is -1.90. The van der Waals surface area contributed by atoms with Crippen LogP contribution in [0.4, 0.5) is 0 Å². The molecule has 2 saturated heterocycles. The molecular formula is C13H16N2O8. The van der Waals surface area contributed by atoms with Gasteiger partial charge >= 0.3 is 11.9 Å². The first-order valence-corrected chi connectivity index (χ1v) is 6.95. The van der Waals surface area contributed by atoms with Gasteiger partial charge in [0.2, 0.25) is 0 Å². The summed E-state index contributed by atoms with van der Waals surface area (Å²) in [5.74, 6) is -4.31. The van der Waals surface area contributed by atoms with Crippen LogP contribution in [0.25, 0.3) is 0 Å². The van der Waals surface area contributed by atoms with E-state index in [1.54, 1.807) is 0 Å². The average Bonchev–Trinajstić information content (AvgIpc) is 2.96. The maximum absolute atomic E-state index is 12.1. The van der Waals surface area contributed by atoms with Crippen molar-refractivity contribution >= 4 is 29.7 Å². The van der Waals surface area contributed by atoms with Crippen LogP contribution in [0.2, 0.25) is 0 Å². The second-order valence-corrected chi connectivity index (χ2v) is 5.70. The van der Waals surface area contributed by atoms with E-state index in [-0.39, 0.29) is 25.7 Å². The molecule has 1 N–H and O–H groups in total. The quantitative estimate of drug-likeness (QED) is 0.514. The number of rotatable bonds is 4. The molecule has 3 amide bonds. The molecule has 0 radical (unpaired) electrons. The number of carbonyl (C=O) groups is 5. The van der Waals surface area contributed by atoms with E-state index in [0.717, 1.165) is 13.8 Å². The van der Waals surface area contributed by atoms with Crippen LogP contribution in [-0.2, 0) is 33.6 Å². The zero-order valence-corrected chi connectivity index (χ0v) is 12.6. The Bertz CT molecular complexity index is 569. The maximum atomic E-state index is 12.1. The summed E-state index contributed by atoms with van der Waals surface area (Å²) < 4.78 is 0. The fraction of sp³-hybridized carbons (Fsp3) is 0.615. The number of hydrogen-bond donors (Lipinski definition) is 1. The standard InChI is InChI=1S/C13H16N2O8/c1-13(2,11(20)22-14-7(16)3-4-8(14)17)12(21)23-15-9(18)5-6-10(15)19/h7,16H,3-6H2,1-2H3. The molecule has 1 atom stereocenters. The number of aliphatic hydroxyl groups excluding tert-OH is 1. The molecule has 126 valence electrons. The molecule has 2 aliphatic rings. The van der Waals surface area contributed by atoms with Crippen molar-refractivity contribution in [1.82, 2.24) is 10.1 Å². The van der Waals surface area contributed by atoms with E-state index in [9.17, 15) is 29.1 Å². The predicted octanol–water partition coefficient (Wildman–Crippen LogP) is -0.981. The lowest BCUT2D eigenvalue weighted by molar-refractivity contribution is -0.233. The number of hydrogen-bond acceptors (Lipinski definition) is 8. The van der Waals surface area contributed by atoms with Crippen LogP contribution in [0.3, 0.4) is 0 Å². The third-order valence-corrected chi connectivity index (χ3v) is 3.51. The molecule has 0 aromatic rings. The van der Waals surface area contributed by atoms with Crippen molar-refractivity contribution in [1.29, 1.82) is 0 Å². The lowest BCUT2D eigenvalue weighted by Crippen LogP contribution is -2.45. The van der Waals surface area contributed by atoms with Gasteiger partial charge in [0, 0.05) is 25.7 Å². The summed E-state index contributed by atoms with van der Waals surface area (Å²) in [6, 6.07) is 0. The molecule has 0 saturated carbocycles. The van der Waals surface area contributed by atoms with E-state index in [1.807, 2.05) is 0 Å². The summed E-state index contributed by atoms with van der Waals surface area (Å²) in [6.07, 6.45) is -1.32. The highest BCUT2D eigenvalue weighted by Gasteiger charge is 2.46. The molecule has 23 heavy (non-hydrogen) atoms. The highest BCUT2D eigenvalue weighted by atomic mass is 16.7. The van der Waals surface area contributed by atoms with Gasteiger partial charge < -0.3 is 14.8 Å². The lowest BCUT2D eigenvalue weighted by atomic mass is 9.94. The first-order chi connectivity index (χ1) is 10.6. The molecule has 0 aromatic carbocycles. The van der Waals surface area contributed by atoms with Crippen LogP contribution in [0.15, 0.2) is 0 Å². The van der Waals surface area contributed by atoms with Crippen molar-refractivity contribution in [2.75, 3.05) is 0 Å². The topological polar surface area (TPSA) is 131 Å². The Morgan fingerprint density at radius 3 is 2.00 bits per heavy atom. The summed E-state index contributed by atoms with van der Waals surface area (Å²) in [6.45, 7) is 2.30. The molecule has 2 aliphatic heterocycles. The first-order valence-electron chi connectivity index (χ1n) is 6.95. The van der Waals surface area contributed by atoms with Gasteiger partial charge in [-0.25, -0.2) is 9.59 Å². The van der Waals surface area contributed by atoms with Crippen LogP contribution in [-0.4, -0.2) is 51.1 Å². The van der Waals surface area contributed by atoms with Crippen LogP contribution < -0.4 is 0 Å². The molecule has 10 nitrogen and oxygen atoms in total. The van der Waals surface area contributed by atoms with Crippen molar-refractivity contribution in [3.05, 3.63) is 0 Å². The number of aliphatic hydroxyl groups is 1. The van der Waals surface area contributed by atoms with E-state index < -0.39 is 41.3 Å². The minimum atomic E-state index is -1.90. The molecule has 2 heterocycles. The number of nitrogens with zero attached hydrogens (tertiary/aromatic N) is 2. The lowest BCUT2D eigenvalue weighted by Gasteiger charge is -2.26. The number of carbonyl (C=O) groups excluding carboxylic acids is 5. The second-order valence-electron chi connectivity index (χ2n) is 5.70. The van der Waals surface area contributed by atoms with Gasteiger partial charge in [-0.2, -0.15) is 0 Å². The van der Waals surface area contributed by atoms with Crippen molar-refractivity contribution < 1.29 is 38.8 Å². The third kappa shape index (κ3) is 3.16. The molecule has 0 aromatic heterocycles. The van der Waals surface area contributed by atoms with Gasteiger partial charge in [0.15, 0.2) is 11.6 Å². The summed E-state index contributed by atoms with van der Waals surface area (Å²) in [5, 5.41) is 10.3. The molecule has 0 aliphatic carbocycles. The van der Waals surface area contributed by atoms with Gasteiger partial charge in [0.05, 0.1) is 0 Å². The Labute approximate surface area is 130 Å². The molecule has 1 unspecified atom stereocenters. The van der Waals surface area contributed by atoms with E-state index in [2.05, 4.69) is 4.84 Å². The Kier molecular flexibility index (Phi) is 4.37. The van der Waals surface area contributed by atoms with Crippen LogP contribution in [0.1, 0.15) is 39.5 Å². The summed E-state index contributed by atoms with van der Waals surface area (Å²) in [7, 11) is 0. The third-order valence-electron chi connectivity index (χ3n) is 3.51. The van der Waals surface area contributed by atoms with Gasteiger partial charge in [-0.05, 0) is 13.8 Å². The fourth-order valence-corrected chi connectivity index (χ4v) is 1.90. The highest BCUT2D eigenvalue weighted by Crippen LogP contribution is 2.25. The average molecular weight is 328 g/mol. The molecule has 2 fully saturated rings. The highest BCUT2D eigenvalue weighted by molar-refractivity contribution is 6.04. The fourth-order valence-electron chi connectivity index (χ4n) is 1.90. The Morgan fingerprint density at radius 2 is 1.52 bits per heavy atom. The zero-order chi connectivity index (χ0) is 17.4. The van der Waals surface area contributed by atoms with Gasteiger partial charge in [0.1, 0.15) is 0 Å². The van der Waals surface area contributed by atoms with Gasteiger partial charge in [-0.15, -0.1) is 10.1 Å². The smallest absolute Gasteiger partial charge is 0.349 e. The minimum Gasteiger partial charge on any atom is -0.370 e. The van der Waals surface area contributed by atoms with E-state index in [4.69, 9.17) is 4.84 Å². The number of amides is 3. The van der Waals surface area contributed by atoms with Crippen molar-refractivity contribution in [3.63, 3.8) is 0 Å². The molecule has 0 spiro atoms. The minimum absolute atomic E-state index is 0.0100. The first kappa shape index (κ1) is 16.9. The molecule has 10 heteroatoms. The zero-order valence-electron chi connectivity index (χ0n) is 12.6. The molecule has 0 bridgehead atoms. The van der Waals surface area contributed by atoms with E-state index in [1.165, 1.54) is 0 Å². The normalized spacial score (nSPS) is 21.9. The molecular weight excluding hydrogens is 312 g/mol. The van der Waals surface area contributed by atoms with Gasteiger partial charge in [-0.3, -0.25) is 14.4 Å². The SMILES string of the molecule is CC(C)(C(=O)ON1C(=O)CCC1=O)C(=O)ON1C(=O)CCC1O. The Balaban J connectivity index is 2.03. The second kappa shape index (κ2) is 5.95. The van der Waals surface area contributed by atoms with Crippen LogP contribution in [0.5, 0.6) is 0 Å². The largest absolute Gasteiger partial charge is 0.370 e. The Morgan fingerprint density at radius 1 is 1.00 bits per heavy atom. The predicted molar refractivity (Wildman–Crippen MR) is 69.1 cm³/mol. The summed E-state index contributed by atoms with van der Waals surface area (Å²) in [4.78, 5) is 67.8. The Hall–Kier alpha value is -2.49. The van der Waals surface area contributed by atoms with E-state index in [0.29, 0.717) is 10.1 Å². The maximum Gasteiger partial charge on any atom is 0.349 e. The van der Waals surface area contributed by atoms with Crippen LogP contribution >= 0.6 is 0 Å². The van der Waals surface area contributed by atoms with E-state index >= 15 is 0 Å². The number of imide groups is 1. The van der Waals surface area contributed by atoms with Crippen molar-refractivity contribution in [3.8, 4) is 0 Å². The van der Waals surface area contributed by atoms with Gasteiger partial charge in [-0.1, -0.05) is 0 Å². The van der Waals surface area contributed by atoms with Crippen molar-refractivity contribution in [2.45, 2.75) is 45.8 Å². The summed E-state index contributed by atoms with van der Waals surface area (Å²) >= 11 is 0. The molecule has 2 rings (SSSR count).